The highest BCUT2D eigenvalue weighted by atomic mass is 14.3. The maximum absolute atomic E-state index is 9.49. The molecule has 1 heteroatoms. The molecule has 18 heavy (non-hydrogen) atoms. The van der Waals surface area contributed by atoms with Gasteiger partial charge in [-0.15, -0.1) is 0 Å². The molecular formula is C17H17N. The van der Waals surface area contributed by atoms with Gasteiger partial charge in [-0.1, -0.05) is 67.6 Å². The lowest BCUT2D eigenvalue weighted by molar-refractivity contribution is 0.607. The fraction of sp³-hybridized carbons (Fsp3) is 0.235. The second-order valence-corrected chi connectivity index (χ2v) is 4.44. The number of hydrogen-bond acceptors (Lipinski definition) is 1. The van der Waals surface area contributed by atoms with Gasteiger partial charge in [0.15, 0.2) is 0 Å². The summed E-state index contributed by atoms with van der Waals surface area (Å²) in [7, 11) is 0. The van der Waals surface area contributed by atoms with E-state index in [1.165, 1.54) is 5.56 Å². The van der Waals surface area contributed by atoms with Gasteiger partial charge < -0.3 is 0 Å². The van der Waals surface area contributed by atoms with Crippen LogP contribution < -0.4 is 0 Å². The smallest absolute Gasteiger partial charge is 0.0781 e. The van der Waals surface area contributed by atoms with Gasteiger partial charge in [0.05, 0.1) is 12.0 Å². The highest BCUT2D eigenvalue weighted by Crippen LogP contribution is 2.34. The highest BCUT2D eigenvalue weighted by Gasteiger charge is 2.22. The Morgan fingerprint density at radius 1 is 0.889 bits per heavy atom. The van der Waals surface area contributed by atoms with Crippen molar-refractivity contribution in [1.29, 1.82) is 5.26 Å². The predicted molar refractivity (Wildman–Crippen MR) is 74.3 cm³/mol. The van der Waals surface area contributed by atoms with Crippen molar-refractivity contribution in [2.75, 3.05) is 0 Å². The fourth-order valence-corrected chi connectivity index (χ4v) is 2.42. The standard InChI is InChI=1S/C17H17N/c1-2-16(14-9-5-3-6-10-14)17(13-18)15-11-7-4-8-12-15/h3-12,16-17H,2H2,1H3. The molecule has 2 unspecified atom stereocenters. The molecule has 0 saturated carbocycles. The number of rotatable bonds is 4. The van der Waals surface area contributed by atoms with Crippen molar-refractivity contribution in [3.8, 4) is 6.07 Å². The number of nitriles is 1. The van der Waals surface area contributed by atoms with Crippen LogP contribution in [-0.4, -0.2) is 0 Å². The molecule has 0 amide bonds. The van der Waals surface area contributed by atoms with Gasteiger partial charge in [-0.3, -0.25) is 0 Å². The van der Waals surface area contributed by atoms with Crippen LogP contribution in [0.2, 0.25) is 0 Å². The maximum Gasteiger partial charge on any atom is 0.0781 e. The first-order valence-corrected chi connectivity index (χ1v) is 6.36. The zero-order chi connectivity index (χ0) is 12.8. The Morgan fingerprint density at radius 3 is 1.83 bits per heavy atom. The topological polar surface area (TPSA) is 23.8 Å². The Labute approximate surface area is 109 Å². The highest BCUT2D eigenvalue weighted by molar-refractivity contribution is 5.32. The van der Waals surface area contributed by atoms with Crippen LogP contribution in [0, 0.1) is 11.3 Å². The van der Waals surface area contributed by atoms with E-state index in [0.717, 1.165) is 12.0 Å². The molecule has 90 valence electrons. The minimum atomic E-state index is -0.0707. The van der Waals surface area contributed by atoms with E-state index in [4.69, 9.17) is 0 Å². The van der Waals surface area contributed by atoms with Crippen LogP contribution in [0.4, 0.5) is 0 Å². The van der Waals surface area contributed by atoms with Crippen LogP contribution in [0.3, 0.4) is 0 Å². The Balaban J connectivity index is 2.35. The van der Waals surface area contributed by atoms with E-state index >= 15 is 0 Å². The van der Waals surface area contributed by atoms with E-state index in [9.17, 15) is 5.26 Å². The van der Waals surface area contributed by atoms with Crippen LogP contribution in [0.1, 0.15) is 36.3 Å². The lowest BCUT2D eigenvalue weighted by Gasteiger charge is -2.21. The predicted octanol–water partition coefficient (Wildman–Crippen LogP) is 4.49. The number of benzene rings is 2. The summed E-state index contributed by atoms with van der Waals surface area (Å²) in [6, 6.07) is 22.8. The third-order valence-electron chi connectivity index (χ3n) is 3.37. The molecule has 0 aromatic heterocycles. The second kappa shape index (κ2) is 6.02. The monoisotopic (exact) mass is 235 g/mol. The molecule has 0 aliphatic heterocycles. The molecule has 2 rings (SSSR count). The lowest BCUT2D eigenvalue weighted by Crippen LogP contribution is -2.09. The molecule has 0 N–H and O–H groups in total. The molecule has 2 aromatic rings. The molecule has 0 fully saturated rings. The van der Waals surface area contributed by atoms with Gasteiger partial charge in [-0.2, -0.15) is 5.26 Å². The SMILES string of the molecule is CCC(c1ccccc1)C(C#N)c1ccccc1. The van der Waals surface area contributed by atoms with E-state index in [2.05, 4.69) is 25.1 Å². The summed E-state index contributed by atoms with van der Waals surface area (Å²) in [6.45, 7) is 2.14. The van der Waals surface area contributed by atoms with E-state index in [0.29, 0.717) is 0 Å². The van der Waals surface area contributed by atoms with Crippen molar-refractivity contribution >= 4 is 0 Å². The van der Waals surface area contributed by atoms with Gasteiger partial charge in [0.1, 0.15) is 0 Å². The summed E-state index contributed by atoms with van der Waals surface area (Å²) in [4.78, 5) is 0. The Bertz CT molecular complexity index is 510. The summed E-state index contributed by atoms with van der Waals surface area (Å²) in [5.41, 5.74) is 2.35. The third kappa shape index (κ3) is 2.60. The van der Waals surface area contributed by atoms with Gasteiger partial charge >= 0.3 is 0 Å². The molecule has 0 spiro atoms. The van der Waals surface area contributed by atoms with Crippen molar-refractivity contribution in [2.45, 2.75) is 25.2 Å². The van der Waals surface area contributed by atoms with Crippen molar-refractivity contribution in [1.82, 2.24) is 0 Å². The molecule has 2 aromatic carbocycles. The average molecular weight is 235 g/mol. The van der Waals surface area contributed by atoms with E-state index in [1.807, 2.05) is 48.5 Å². The molecule has 0 bridgehead atoms. The summed E-state index contributed by atoms with van der Waals surface area (Å²) in [5.74, 6) is 0.192. The zero-order valence-corrected chi connectivity index (χ0v) is 10.6. The lowest BCUT2D eigenvalue weighted by atomic mass is 9.81. The molecule has 0 saturated heterocycles. The molecule has 0 heterocycles. The molecule has 0 radical (unpaired) electrons. The van der Waals surface area contributed by atoms with E-state index < -0.39 is 0 Å². The first kappa shape index (κ1) is 12.4. The molecule has 0 aliphatic rings. The van der Waals surface area contributed by atoms with Gasteiger partial charge in [-0.05, 0) is 17.5 Å². The average Bonchev–Trinajstić information content (AvgIpc) is 2.46. The normalized spacial score (nSPS) is 13.6. The summed E-state index contributed by atoms with van der Waals surface area (Å²) >= 11 is 0. The quantitative estimate of drug-likeness (QED) is 0.766. The molecular weight excluding hydrogens is 218 g/mol. The van der Waals surface area contributed by atoms with Crippen molar-refractivity contribution < 1.29 is 0 Å². The minimum Gasteiger partial charge on any atom is -0.198 e. The Hall–Kier alpha value is -2.07. The van der Waals surface area contributed by atoms with E-state index in [1.54, 1.807) is 0 Å². The van der Waals surface area contributed by atoms with Crippen molar-refractivity contribution in [3.63, 3.8) is 0 Å². The van der Waals surface area contributed by atoms with Crippen LogP contribution >= 0.6 is 0 Å². The van der Waals surface area contributed by atoms with E-state index in [-0.39, 0.29) is 11.8 Å². The Kier molecular flexibility index (Phi) is 4.15. The summed E-state index contributed by atoms with van der Waals surface area (Å²) in [6.07, 6.45) is 0.969. The zero-order valence-electron chi connectivity index (χ0n) is 10.6. The third-order valence-corrected chi connectivity index (χ3v) is 3.37. The van der Waals surface area contributed by atoms with Gasteiger partial charge in [-0.25, -0.2) is 0 Å². The summed E-state index contributed by atoms with van der Waals surface area (Å²) in [5, 5.41) is 9.49. The molecule has 1 nitrogen and oxygen atoms in total. The first-order chi connectivity index (χ1) is 8.86. The molecule has 0 aliphatic carbocycles. The largest absolute Gasteiger partial charge is 0.198 e. The first-order valence-electron chi connectivity index (χ1n) is 6.36. The van der Waals surface area contributed by atoms with Gasteiger partial charge in [0.2, 0.25) is 0 Å². The van der Waals surface area contributed by atoms with Gasteiger partial charge in [0, 0.05) is 5.92 Å². The van der Waals surface area contributed by atoms with Gasteiger partial charge in [0.25, 0.3) is 0 Å². The maximum atomic E-state index is 9.49. The fourth-order valence-electron chi connectivity index (χ4n) is 2.42. The summed E-state index contributed by atoms with van der Waals surface area (Å²) < 4.78 is 0. The minimum absolute atomic E-state index is 0.0707. The van der Waals surface area contributed by atoms with Crippen LogP contribution in [0.25, 0.3) is 0 Å². The molecule has 2 atom stereocenters. The van der Waals surface area contributed by atoms with Crippen LogP contribution in [-0.2, 0) is 0 Å². The van der Waals surface area contributed by atoms with Crippen LogP contribution in [0.15, 0.2) is 60.7 Å². The van der Waals surface area contributed by atoms with Crippen LogP contribution in [0.5, 0.6) is 0 Å². The number of nitrogens with zero attached hydrogens (tertiary/aromatic N) is 1. The number of hydrogen-bond donors (Lipinski definition) is 0. The van der Waals surface area contributed by atoms with Crippen molar-refractivity contribution in [3.05, 3.63) is 71.8 Å². The van der Waals surface area contributed by atoms with Crippen molar-refractivity contribution in [2.24, 2.45) is 0 Å². The second-order valence-electron chi connectivity index (χ2n) is 4.44. The Morgan fingerprint density at radius 2 is 1.39 bits per heavy atom.